The molecule has 4 saturated heterocycles. The van der Waals surface area contributed by atoms with E-state index in [2.05, 4.69) is 0 Å². The molecule has 0 aliphatic carbocycles. The highest BCUT2D eigenvalue weighted by molar-refractivity contribution is 5.88. The van der Waals surface area contributed by atoms with E-state index in [1.165, 1.54) is 28.1 Å². The highest BCUT2D eigenvalue weighted by Gasteiger charge is 2.55. The van der Waals surface area contributed by atoms with Crippen LogP contribution in [0.4, 0.5) is 0 Å². The molecule has 4 rings (SSSR count). The Kier molecular flexibility index (Phi) is 16.2. The van der Waals surface area contributed by atoms with E-state index in [0.717, 1.165) is 0 Å². The molecule has 0 aromatic heterocycles. The minimum atomic E-state index is -2.03. The summed E-state index contributed by atoms with van der Waals surface area (Å²) in [5.41, 5.74) is -1.80. The Morgan fingerprint density at radius 1 is 0.604 bits per heavy atom. The van der Waals surface area contributed by atoms with Crippen LogP contribution >= 0.6 is 0 Å². The zero-order valence-electron chi connectivity index (χ0n) is 29.6. The molecular weight excluding hydrogens is 724 g/mol. The molecule has 0 spiro atoms. The first-order valence-electron chi connectivity index (χ1n) is 17.1. The van der Waals surface area contributed by atoms with Crippen molar-refractivity contribution < 1.29 is 108 Å². The smallest absolute Gasteiger partial charge is 0.192 e. The van der Waals surface area contributed by atoms with E-state index in [1.54, 1.807) is 0 Å². The van der Waals surface area contributed by atoms with Gasteiger partial charge in [0.25, 0.3) is 0 Å². The van der Waals surface area contributed by atoms with Gasteiger partial charge in [-0.2, -0.15) is 0 Å². The second kappa shape index (κ2) is 19.3. The molecule has 310 valence electrons. The van der Waals surface area contributed by atoms with Crippen LogP contribution in [0.2, 0.25) is 0 Å². The molecule has 4 heterocycles. The molecule has 0 radical (unpaired) electrons. The normalized spacial score (nSPS) is 46.6. The van der Waals surface area contributed by atoms with Crippen molar-refractivity contribution in [2.24, 2.45) is 0 Å². The largest absolute Gasteiger partial charge is 0.394 e. The van der Waals surface area contributed by atoms with Gasteiger partial charge in [0, 0.05) is 14.2 Å². The number of ketones is 1. The zero-order chi connectivity index (χ0) is 39.4. The van der Waals surface area contributed by atoms with Crippen molar-refractivity contribution in [1.29, 1.82) is 0 Å². The number of methoxy groups -OCH3 is 2. The van der Waals surface area contributed by atoms with Crippen molar-refractivity contribution in [3.8, 4) is 0 Å². The highest BCUT2D eigenvalue weighted by atomic mass is 16.8. The van der Waals surface area contributed by atoms with Crippen LogP contribution in [0.3, 0.4) is 0 Å². The van der Waals surface area contributed by atoms with Crippen LogP contribution in [-0.4, -0.2) is 238 Å². The lowest BCUT2D eigenvalue weighted by molar-refractivity contribution is -0.379. The van der Waals surface area contributed by atoms with Crippen LogP contribution in [0.25, 0.3) is 0 Å². The van der Waals surface area contributed by atoms with E-state index in [4.69, 9.17) is 47.4 Å². The molecule has 0 saturated carbocycles. The van der Waals surface area contributed by atoms with Crippen molar-refractivity contribution in [2.75, 3.05) is 53.9 Å². The van der Waals surface area contributed by atoms with Crippen molar-refractivity contribution in [3.05, 3.63) is 0 Å². The number of carbonyl (C=O) groups excluding carboxylic acids is 1. The molecule has 20 unspecified atom stereocenters. The SMILES string of the molecule is COC1C(CO)OC(OCC2OC(OC3C(CO)OC(C)C(=O)C3O)C(O)C(O)C2OC2OC(CO)C(OC)C(O)C2OCC(C)(O)CO)C(O)C1O. The number of carbonyl (C=O) groups is 1. The second-order valence-corrected chi connectivity index (χ2v) is 13.7. The van der Waals surface area contributed by atoms with E-state index >= 15 is 0 Å². The van der Waals surface area contributed by atoms with Gasteiger partial charge in [-0.3, -0.25) is 4.79 Å². The van der Waals surface area contributed by atoms with E-state index < -0.39 is 168 Å². The summed E-state index contributed by atoms with van der Waals surface area (Å²) in [6.07, 6.45) is -29.6. The predicted octanol–water partition coefficient (Wildman–Crippen LogP) is -7.39. The summed E-state index contributed by atoms with van der Waals surface area (Å²) in [6.45, 7) is -1.50. The molecule has 0 bridgehead atoms. The van der Waals surface area contributed by atoms with Gasteiger partial charge in [-0.1, -0.05) is 0 Å². The van der Waals surface area contributed by atoms with Gasteiger partial charge >= 0.3 is 0 Å². The van der Waals surface area contributed by atoms with Crippen LogP contribution in [-0.2, 0) is 52.2 Å². The van der Waals surface area contributed by atoms with Crippen LogP contribution in [0.1, 0.15) is 13.8 Å². The fourth-order valence-electron chi connectivity index (χ4n) is 6.56. The predicted molar refractivity (Wildman–Crippen MR) is 167 cm³/mol. The molecule has 0 aromatic rings. The molecule has 22 nitrogen and oxygen atoms in total. The first-order valence-corrected chi connectivity index (χ1v) is 17.1. The highest BCUT2D eigenvalue weighted by Crippen LogP contribution is 2.34. The van der Waals surface area contributed by atoms with Gasteiger partial charge in [0.1, 0.15) is 103 Å². The van der Waals surface area contributed by atoms with Crippen LogP contribution < -0.4 is 0 Å². The maximum atomic E-state index is 12.5. The van der Waals surface area contributed by atoms with Gasteiger partial charge in [0.05, 0.1) is 39.6 Å². The van der Waals surface area contributed by atoms with Crippen molar-refractivity contribution in [2.45, 2.75) is 136 Å². The van der Waals surface area contributed by atoms with Gasteiger partial charge in [-0.05, 0) is 13.8 Å². The first kappa shape index (κ1) is 44.5. The average Bonchev–Trinajstić information content (AvgIpc) is 3.14. The minimum Gasteiger partial charge on any atom is -0.394 e. The summed E-state index contributed by atoms with van der Waals surface area (Å²) < 4.78 is 56.5. The van der Waals surface area contributed by atoms with E-state index in [0.29, 0.717) is 0 Å². The zero-order valence-corrected chi connectivity index (χ0v) is 29.6. The summed E-state index contributed by atoms with van der Waals surface area (Å²) in [4.78, 5) is 12.5. The van der Waals surface area contributed by atoms with Gasteiger partial charge in [-0.25, -0.2) is 0 Å². The fraction of sp³-hybridized carbons (Fsp3) is 0.968. The summed E-state index contributed by atoms with van der Waals surface area (Å²) in [6, 6.07) is 0. The average molecular weight is 779 g/mol. The number of aliphatic hydroxyl groups is 11. The van der Waals surface area contributed by atoms with Gasteiger partial charge in [-0.15, -0.1) is 0 Å². The Hall–Kier alpha value is -1.17. The van der Waals surface area contributed by atoms with Gasteiger partial charge in [0.15, 0.2) is 24.7 Å². The maximum Gasteiger partial charge on any atom is 0.192 e. The molecule has 4 aliphatic rings. The molecule has 0 amide bonds. The second-order valence-electron chi connectivity index (χ2n) is 13.7. The number of ether oxygens (including phenoxy) is 10. The van der Waals surface area contributed by atoms with Crippen LogP contribution in [0.15, 0.2) is 0 Å². The fourth-order valence-corrected chi connectivity index (χ4v) is 6.56. The number of aliphatic hydroxyl groups excluding tert-OH is 10. The lowest BCUT2D eigenvalue weighted by Crippen LogP contribution is -2.67. The van der Waals surface area contributed by atoms with E-state index in [9.17, 15) is 61.0 Å². The standard InChI is InChI=1S/C31H54O22/c1-11-16(36)17(37)25(14(7-34)48-11)52-29-21(41)19(39)26(15(51-29)8-46-28-20(40)18(38)23(44-3)12(5-32)49-28)53-30-27(47-10-31(2,43)9-35)22(42)24(45-4)13(6-33)50-30/h11-15,17-30,32-35,37-43H,5-10H2,1-4H3. The lowest BCUT2D eigenvalue weighted by Gasteiger charge is -2.49. The third kappa shape index (κ3) is 9.87. The Balaban J connectivity index is 1.64. The summed E-state index contributed by atoms with van der Waals surface area (Å²) in [5.74, 6) is -0.798. The summed E-state index contributed by atoms with van der Waals surface area (Å²) in [7, 11) is 2.45. The summed E-state index contributed by atoms with van der Waals surface area (Å²) >= 11 is 0. The van der Waals surface area contributed by atoms with Gasteiger partial charge < -0.3 is 104 Å². The Morgan fingerprint density at radius 3 is 1.66 bits per heavy atom. The van der Waals surface area contributed by atoms with Crippen molar-refractivity contribution in [1.82, 2.24) is 0 Å². The molecule has 11 N–H and O–H groups in total. The van der Waals surface area contributed by atoms with Crippen molar-refractivity contribution >= 4 is 5.78 Å². The topological polar surface area (TPSA) is 332 Å². The molecular formula is C31H54O22. The molecule has 4 fully saturated rings. The Labute approximate surface area is 304 Å². The van der Waals surface area contributed by atoms with Crippen LogP contribution in [0, 0.1) is 0 Å². The van der Waals surface area contributed by atoms with E-state index in [-0.39, 0.29) is 0 Å². The van der Waals surface area contributed by atoms with E-state index in [1.807, 2.05) is 0 Å². The minimum absolute atomic E-state index is 0.577. The van der Waals surface area contributed by atoms with Crippen molar-refractivity contribution in [3.63, 3.8) is 0 Å². The Bertz CT molecular complexity index is 1130. The number of hydrogen-bond donors (Lipinski definition) is 11. The number of hydrogen-bond acceptors (Lipinski definition) is 22. The molecule has 0 aromatic carbocycles. The number of rotatable bonds is 16. The van der Waals surface area contributed by atoms with Crippen LogP contribution in [0.5, 0.6) is 0 Å². The Morgan fingerprint density at radius 2 is 1.09 bits per heavy atom. The lowest BCUT2D eigenvalue weighted by atomic mass is 9.95. The quantitative estimate of drug-likeness (QED) is 0.0693. The third-order valence-corrected chi connectivity index (χ3v) is 9.67. The first-order chi connectivity index (χ1) is 25.1. The van der Waals surface area contributed by atoms with Gasteiger partial charge in [0.2, 0.25) is 0 Å². The molecule has 4 aliphatic heterocycles. The monoisotopic (exact) mass is 778 g/mol. The molecule has 20 atom stereocenters. The third-order valence-electron chi connectivity index (χ3n) is 9.67. The molecule has 22 heteroatoms. The molecule has 53 heavy (non-hydrogen) atoms. The number of Topliss-reactive ketones (excluding diaryl/α,β-unsaturated/α-hetero) is 1. The summed E-state index contributed by atoms with van der Waals surface area (Å²) in [5, 5.41) is 116. The maximum absolute atomic E-state index is 12.5.